The predicted molar refractivity (Wildman–Crippen MR) is 65.4 cm³/mol. The van der Waals surface area contributed by atoms with E-state index in [9.17, 15) is 9.59 Å². The second-order valence-corrected chi connectivity index (χ2v) is 4.93. The molecule has 0 bridgehead atoms. The van der Waals surface area contributed by atoms with E-state index in [1.54, 1.807) is 0 Å². The number of hydrogen-bond acceptors (Lipinski definition) is 3. The summed E-state index contributed by atoms with van der Waals surface area (Å²) in [5.74, 6) is -0.396. The SMILES string of the molecule is CC[C@@H](C)C(=O)NC1(C(=O)OC)CCCCC1. The number of esters is 1. The van der Waals surface area contributed by atoms with Gasteiger partial charge in [-0.2, -0.15) is 0 Å². The monoisotopic (exact) mass is 241 g/mol. The van der Waals surface area contributed by atoms with Gasteiger partial charge < -0.3 is 10.1 Å². The standard InChI is InChI=1S/C13H23NO3/c1-4-10(2)11(15)14-13(12(16)17-3)8-6-5-7-9-13/h10H,4-9H2,1-3H3,(H,14,15)/t10-/m1/s1. The molecule has 0 aliphatic heterocycles. The number of methoxy groups -OCH3 is 1. The van der Waals surface area contributed by atoms with E-state index in [2.05, 4.69) is 5.32 Å². The van der Waals surface area contributed by atoms with Crippen LogP contribution in [0.25, 0.3) is 0 Å². The lowest BCUT2D eigenvalue weighted by Gasteiger charge is -2.35. The molecule has 17 heavy (non-hydrogen) atoms. The van der Waals surface area contributed by atoms with Gasteiger partial charge in [0.15, 0.2) is 0 Å². The second-order valence-electron chi connectivity index (χ2n) is 4.93. The molecule has 0 aromatic heterocycles. The molecule has 0 unspecified atom stereocenters. The van der Waals surface area contributed by atoms with E-state index in [4.69, 9.17) is 4.74 Å². The van der Waals surface area contributed by atoms with Crippen molar-refractivity contribution in [2.45, 2.75) is 57.9 Å². The van der Waals surface area contributed by atoms with Gasteiger partial charge >= 0.3 is 5.97 Å². The minimum absolute atomic E-state index is 0.0419. The van der Waals surface area contributed by atoms with Crippen molar-refractivity contribution in [3.8, 4) is 0 Å². The minimum Gasteiger partial charge on any atom is -0.467 e. The van der Waals surface area contributed by atoms with Crippen LogP contribution in [-0.4, -0.2) is 24.5 Å². The fraction of sp³-hybridized carbons (Fsp3) is 0.846. The van der Waals surface area contributed by atoms with Gasteiger partial charge in [-0.25, -0.2) is 4.79 Å². The van der Waals surface area contributed by atoms with Crippen molar-refractivity contribution in [1.29, 1.82) is 0 Å². The summed E-state index contributed by atoms with van der Waals surface area (Å²) in [5, 5.41) is 2.92. The summed E-state index contributed by atoms with van der Waals surface area (Å²) in [7, 11) is 1.38. The largest absolute Gasteiger partial charge is 0.467 e. The van der Waals surface area contributed by atoms with E-state index in [0.717, 1.165) is 25.7 Å². The molecule has 1 fully saturated rings. The molecule has 1 atom stereocenters. The third kappa shape index (κ3) is 3.20. The fourth-order valence-corrected chi connectivity index (χ4v) is 2.28. The molecule has 1 N–H and O–H groups in total. The first-order valence-electron chi connectivity index (χ1n) is 6.46. The molecule has 0 aromatic rings. The Labute approximate surface area is 103 Å². The topological polar surface area (TPSA) is 55.4 Å². The summed E-state index contributed by atoms with van der Waals surface area (Å²) >= 11 is 0. The molecular formula is C13H23NO3. The Morgan fingerprint density at radius 3 is 2.35 bits per heavy atom. The third-order valence-corrected chi connectivity index (χ3v) is 3.71. The van der Waals surface area contributed by atoms with Gasteiger partial charge in [0, 0.05) is 5.92 Å². The summed E-state index contributed by atoms with van der Waals surface area (Å²) < 4.78 is 4.85. The van der Waals surface area contributed by atoms with Crippen molar-refractivity contribution in [1.82, 2.24) is 5.32 Å². The number of amides is 1. The lowest BCUT2D eigenvalue weighted by molar-refractivity contribution is -0.153. The average molecular weight is 241 g/mol. The van der Waals surface area contributed by atoms with Gasteiger partial charge in [-0.05, 0) is 19.3 Å². The van der Waals surface area contributed by atoms with Gasteiger partial charge in [0.25, 0.3) is 0 Å². The summed E-state index contributed by atoms with van der Waals surface area (Å²) in [6, 6.07) is 0. The molecular weight excluding hydrogens is 218 g/mol. The fourth-order valence-electron chi connectivity index (χ4n) is 2.28. The Bertz CT molecular complexity index is 282. The van der Waals surface area contributed by atoms with Crippen LogP contribution in [0.1, 0.15) is 52.4 Å². The summed E-state index contributed by atoms with van der Waals surface area (Å²) in [6.45, 7) is 3.85. The molecule has 0 aromatic carbocycles. The highest BCUT2D eigenvalue weighted by Gasteiger charge is 2.42. The molecule has 4 nitrogen and oxygen atoms in total. The number of rotatable bonds is 4. The number of ether oxygens (including phenoxy) is 1. The van der Waals surface area contributed by atoms with Crippen LogP contribution in [-0.2, 0) is 14.3 Å². The van der Waals surface area contributed by atoms with Gasteiger partial charge in [-0.1, -0.05) is 33.1 Å². The first-order chi connectivity index (χ1) is 8.05. The summed E-state index contributed by atoms with van der Waals surface area (Å²) in [4.78, 5) is 23.8. The molecule has 0 saturated heterocycles. The maximum Gasteiger partial charge on any atom is 0.331 e. The van der Waals surface area contributed by atoms with Gasteiger partial charge in [0.2, 0.25) is 5.91 Å². The van der Waals surface area contributed by atoms with E-state index >= 15 is 0 Å². The highest BCUT2D eigenvalue weighted by molar-refractivity contribution is 5.88. The Hall–Kier alpha value is -1.06. The van der Waals surface area contributed by atoms with Crippen molar-refractivity contribution in [3.63, 3.8) is 0 Å². The lowest BCUT2D eigenvalue weighted by atomic mass is 9.81. The highest BCUT2D eigenvalue weighted by atomic mass is 16.5. The van der Waals surface area contributed by atoms with E-state index < -0.39 is 5.54 Å². The number of carbonyl (C=O) groups is 2. The van der Waals surface area contributed by atoms with Crippen molar-refractivity contribution in [2.75, 3.05) is 7.11 Å². The Morgan fingerprint density at radius 2 is 1.88 bits per heavy atom. The highest BCUT2D eigenvalue weighted by Crippen LogP contribution is 2.29. The second kappa shape index (κ2) is 6.03. The van der Waals surface area contributed by atoms with Gasteiger partial charge in [-0.3, -0.25) is 4.79 Å². The molecule has 0 heterocycles. The zero-order valence-corrected chi connectivity index (χ0v) is 11.0. The molecule has 1 rings (SSSR count). The predicted octanol–water partition coefficient (Wildman–Crippen LogP) is 2.02. The van der Waals surface area contributed by atoms with Crippen LogP contribution in [0.4, 0.5) is 0 Å². The van der Waals surface area contributed by atoms with Crippen LogP contribution in [0.5, 0.6) is 0 Å². The molecule has 0 radical (unpaired) electrons. The molecule has 1 aliphatic carbocycles. The molecule has 4 heteroatoms. The summed E-state index contributed by atoms with van der Waals surface area (Å²) in [6.07, 6.45) is 5.23. The quantitative estimate of drug-likeness (QED) is 0.766. The van der Waals surface area contributed by atoms with Gasteiger partial charge in [0.05, 0.1) is 7.11 Å². The van der Waals surface area contributed by atoms with Crippen LogP contribution >= 0.6 is 0 Å². The van der Waals surface area contributed by atoms with Crippen molar-refractivity contribution >= 4 is 11.9 Å². The average Bonchev–Trinajstić information content (AvgIpc) is 2.37. The zero-order chi connectivity index (χ0) is 12.9. The molecule has 1 amide bonds. The summed E-state index contributed by atoms with van der Waals surface area (Å²) in [5.41, 5.74) is -0.770. The van der Waals surface area contributed by atoms with Crippen LogP contribution in [0.2, 0.25) is 0 Å². The Kier molecular flexibility index (Phi) is 4.97. The van der Waals surface area contributed by atoms with Crippen molar-refractivity contribution < 1.29 is 14.3 Å². The Balaban J connectivity index is 2.76. The smallest absolute Gasteiger partial charge is 0.331 e. The lowest BCUT2D eigenvalue weighted by Crippen LogP contribution is -2.57. The number of nitrogens with one attached hydrogen (secondary N) is 1. The van der Waals surface area contributed by atoms with Crippen molar-refractivity contribution in [2.24, 2.45) is 5.92 Å². The molecule has 0 spiro atoms. The van der Waals surface area contributed by atoms with Crippen LogP contribution < -0.4 is 5.32 Å². The van der Waals surface area contributed by atoms with E-state index in [1.165, 1.54) is 7.11 Å². The molecule has 1 saturated carbocycles. The van der Waals surface area contributed by atoms with E-state index in [-0.39, 0.29) is 17.8 Å². The molecule has 98 valence electrons. The van der Waals surface area contributed by atoms with Crippen LogP contribution in [0, 0.1) is 5.92 Å². The van der Waals surface area contributed by atoms with E-state index in [0.29, 0.717) is 12.8 Å². The zero-order valence-electron chi connectivity index (χ0n) is 11.0. The van der Waals surface area contributed by atoms with Crippen molar-refractivity contribution in [3.05, 3.63) is 0 Å². The van der Waals surface area contributed by atoms with Crippen LogP contribution in [0.3, 0.4) is 0 Å². The number of hydrogen-bond donors (Lipinski definition) is 1. The third-order valence-electron chi connectivity index (χ3n) is 3.71. The van der Waals surface area contributed by atoms with Crippen LogP contribution in [0.15, 0.2) is 0 Å². The normalized spacial score (nSPS) is 20.4. The molecule has 1 aliphatic rings. The van der Waals surface area contributed by atoms with E-state index in [1.807, 2.05) is 13.8 Å². The first-order valence-corrected chi connectivity index (χ1v) is 6.46. The number of carbonyl (C=O) groups excluding carboxylic acids is 2. The minimum atomic E-state index is -0.770. The van der Waals surface area contributed by atoms with Gasteiger partial charge in [-0.15, -0.1) is 0 Å². The maximum atomic E-state index is 11.9. The maximum absolute atomic E-state index is 11.9. The van der Waals surface area contributed by atoms with Gasteiger partial charge in [0.1, 0.15) is 5.54 Å². The Morgan fingerprint density at radius 1 is 1.29 bits per heavy atom. The first kappa shape index (κ1) is 14.0.